The molecule has 2 rings (SSSR count). The van der Waals surface area contributed by atoms with E-state index in [2.05, 4.69) is 10.2 Å². The SMILES string of the molecule is CSCC(=O)N1CCCC1C1CCCN1. The fraction of sp³-hybridized carbons (Fsp3) is 0.909. The van der Waals surface area contributed by atoms with Crippen molar-refractivity contribution in [3.05, 3.63) is 0 Å². The molecule has 0 aromatic carbocycles. The van der Waals surface area contributed by atoms with Crippen LogP contribution >= 0.6 is 11.8 Å². The van der Waals surface area contributed by atoms with Gasteiger partial charge in [-0.3, -0.25) is 4.79 Å². The van der Waals surface area contributed by atoms with E-state index in [-0.39, 0.29) is 0 Å². The van der Waals surface area contributed by atoms with Crippen molar-refractivity contribution >= 4 is 17.7 Å². The summed E-state index contributed by atoms with van der Waals surface area (Å²) in [7, 11) is 0. The summed E-state index contributed by atoms with van der Waals surface area (Å²) in [4.78, 5) is 14.0. The van der Waals surface area contributed by atoms with Gasteiger partial charge in [0.1, 0.15) is 0 Å². The maximum atomic E-state index is 11.9. The van der Waals surface area contributed by atoms with Gasteiger partial charge in [-0.2, -0.15) is 11.8 Å². The van der Waals surface area contributed by atoms with Gasteiger partial charge < -0.3 is 10.2 Å². The van der Waals surface area contributed by atoms with Gasteiger partial charge in [0.25, 0.3) is 0 Å². The fourth-order valence-corrected chi connectivity index (χ4v) is 3.18. The quantitative estimate of drug-likeness (QED) is 0.785. The Hall–Kier alpha value is -0.220. The first-order chi connectivity index (χ1) is 7.33. The summed E-state index contributed by atoms with van der Waals surface area (Å²) in [5.41, 5.74) is 0. The molecule has 0 spiro atoms. The van der Waals surface area contributed by atoms with E-state index in [9.17, 15) is 4.79 Å². The monoisotopic (exact) mass is 228 g/mol. The van der Waals surface area contributed by atoms with Crippen LogP contribution in [0.2, 0.25) is 0 Å². The van der Waals surface area contributed by atoms with Gasteiger partial charge in [0.2, 0.25) is 5.91 Å². The van der Waals surface area contributed by atoms with E-state index in [1.807, 2.05) is 6.26 Å². The number of amides is 1. The van der Waals surface area contributed by atoms with Crippen molar-refractivity contribution in [2.24, 2.45) is 0 Å². The van der Waals surface area contributed by atoms with E-state index in [1.54, 1.807) is 11.8 Å². The second kappa shape index (κ2) is 5.21. The number of carbonyl (C=O) groups excluding carboxylic acids is 1. The predicted molar refractivity (Wildman–Crippen MR) is 64.1 cm³/mol. The van der Waals surface area contributed by atoms with Crippen LogP contribution in [0.5, 0.6) is 0 Å². The maximum absolute atomic E-state index is 11.9. The van der Waals surface area contributed by atoms with Gasteiger partial charge in [-0.1, -0.05) is 0 Å². The Balaban J connectivity index is 1.94. The smallest absolute Gasteiger partial charge is 0.232 e. The minimum Gasteiger partial charge on any atom is -0.337 e. The van der Waals surface area contributed by atoms with Crippen LogP contribution in [0.25, 0.3) is 0 Å². The highest BCUT2D eigenvalue weighted by Gasteiger charge is 2.35. The highest BCUT2D eigenvalue weighted by atomic mass is 32.2. The van der Waals surface area contributed by atoms with Crippen LogP contribution in [0.1, 0.15) is 25.7 Å². The van der Waals surface area contributed by atoms with Crippen LogP contribution in [-0.4, -0.2) is 48.0 Å². The lowest BCUT2D eigenvalue weighted by Gasteiger charge is -2.29. The molecule has 2 fully saturated rings. The second-order valence-electron chi connectivity index (χ2n) is 4.43. The molecule has 1 amide bonds. The number of thioether (sulfide) groups is 1. The summed E-state index contributed by atoms with van der Waals surface area (Å²) in [6, 6.07) is 1.05. The Kier molecular flexibility index (Phi) is 3.92. The van der Waals surface area contributed by atoms with Crippen molar-refractivity contribution in [1.82, 2.24) is 10.2 Å². The van der Waals surface area contributed by atoms with E-state index in [4.69, 9.17) is 0 Å². The molecule has 1 N–H and O–H groups in total. The van der Waals surface area contributed by atoms with Crippen LogP contribution in [0, 0.1) is 0 Å². The third-order valence-electron chi connectivity index (χ3n) is 3.45. The van der Waals surface area contributed by atoms with Crippen LogP contribution in [-0.2, 0) is 4.79 Å². The average molecular weight is 228 g/mol. The lowest BCUT2D eigenvalue weighted by Crippen LogP contribution is -2.47. The number of rotatable bonds is 3. The molecule has 0 bridgehead atoms. The molecule has 0 aliphatic carbocycles. The van der Waals surface area contributed by atoms with Crippen LogP contribution in [0.4, 0.5) is 0 Å². The molecular formula is C11H20N2OS. The zero-order valence-corrected chi connectivity index (χ0v) is 10.2. The topological polar surface area (TPSA) is 32.3 Å². The summed E-state index contributed by atoms with van der Waals surface area (Å²) < 4.78 is 0. The molecule has 0 aromatic rings. The summed E-state index contributed by atoms with van der Waals surface area (Å²) in [6.45, 7) is 2.11. The Bertz CT molecular complexity index is 229. The zero-order valence-electron chi connectivity index (χ0n) is 9.37. The minimum absolute atomic E-state index is 0.332. The first kappa shape index (κ1) is 11.3. The maximum Gasteiger partial charge on any atom is 0.232 e. The molecule has 0 aromatic heterocycles. The van der Waals surface area contributed by atoms with Gasteiger partial charge in [-0.05, 0) is 38.5 Å². The third kappa shape index (κ3) is 2.48. The molecule has 0 radical (unpaired) electrons. The molecule has 86 valence electrons. The zero-order chi connectivity index (χ0) is 10.7. The fourth-order valence-electron chi connectivity index (χ4n) is 2.77. The van der Waals surface area contributed by atoms with Crippen molar-refractivity contribution < 1.29 is 4.79 Å². The predicted octanol–water partition coefficient (Wildman–Crippen LogP) is 1.09. The number of carbonyl (C=O) groups is 1. The second-order valence-corrected chi connectivity index (χ2v) is 5.30. The van der Waals surface area contributed by atoms with Crippen molar-refractivity contribution in [3.63, 3.8) is 0 Å². The van der Waals surface area contributed by atoms with Crippen LogP contribution < -0.4 is 5.32 Å². The first-order valence-electron chi connectivity index (χ1n) is 5.84. The molecule has 3 nitrogen and oxygen atoms in total. The highest BCUT2D eigenvalue weighted by Crippen LogP contribution is 2.25. The van der Waals surface area contributed by atoms with Gasteiger partial charge in [-0.25, -0.2) is 0 Å². The van der Waals surface area contributed by atoms with E-state index >= 15 is 0 Å². The summed E-state index contributed by atoms with van der Waals surface area (Å²) >= 11 is 1.63. The molecule has 2 unspecified atom stereocenters. The van der Waals surface area contributed by atoms with Crippen molar-refractivity contribution in [2.75, 3.05) is 25.1 Å². The molecule has 2 atom stereocenters. The van der Waals surface area contributed by atoms with Gasteiger partial charge in [0.05, 0.1) is 5.75 Å². The van der Waals surface area contributed by atoms with Gasteiger partial charge >= 0.3 is 0 Å². The molecule has 2 saturated heterocycles. The molecular weight excluding hydrogens is 208 g/mol. The molecule has 0 saturated carbocycles. The van der Waals surface area contributed by atoms with Gasteiger partial charge in [-0.15, -0.1) is 0 Å². The average Bonchev–Trinajstić information content (AvgIpc) is 2.88. The third-order valence-corrected chi connectivity index (χ3v) is 3.99. The summed E-state index contributed by atoms with van der Waals surface area (Å²) in [5.74, 6) is 0.974. The first-order valence-corrected chi connectivity index (χ1v) is 7.24. The van der Waals surface area contributed by atoms with E-state index in [0.29, 0.717) is 23.7 Å². The summed E-state index contributed by atoms with van der Waals surface area (Å²) in [6.07, 6.45) is 6.89. The Morgan fingerprint density at radius 2 is 2.33 bits per heavy atom. The van der Waals surface area contributed by atoms with Crippen molar-refractivity contribution in [1.29, 1.82) is 0 Å². The molecule has 2 aliphatic heterocycles. The van der Waals surface area contributed by atoms with E-state index in [1.165, 1.54) is 25.7 Å². The largest absolute Gasteiger partial charge is 0.337 e. The summed E-state index contributed by atoms with van der Waals surface area (Å²) in [5, 5.41) is 3.52. The van der Waals surface area contributed by atoms with Gasteiger partial charge in [0, 0.05) is 18.6 Å². The standard InChI is InChI=1S/C11H20N2OS/c1-15-8-11(14)13-7-3-5-10(13)9-4-2-6-12-9/h9-10,12H,2-8H2,1H3. The minimum atomic E-state index is 0.332. The molecule has 2 heterocycles. The van der Waals surface area contributed by atoms with Crippen molar-refractivity contribution in [2.45, 2.75) is 37.8 Å². The lowest BCUT2D eigenvalue weighted by molar-refractivity contribution is -0.129. The Morgan fingerprint density at radius 3 is 3.00 bits per heavy atom. The number of hydrogen-bond acceptors (Lipinski definition) is 3. The normalized spacial score (nSPS) is 31.1. The molecule has 4 heteroatoms. The highest BCUT2D eigenvalue weighted by molar-refractivity contribution is 7.99. The molecule has 15 heavy (non-hydrogen) atoms. The van der Waals surface area contributed by atoms with E-state index in [0.717, 1.165) is 13.1 Å². The lowest BCUT2D eigenvalue weighted by atomic mass is 10.0. The Morgan fingerprint density at radius 1 is 1.47 bits per heavy atom. The number of hydrogen-bond donors (Lipinski definition) is 1. The van der Waals surface area contributed by atoms with Crippen molar-refractivity contribution in [3.8, 4) is 0 Å². The Labute approximate surface area is 96.0 Å². The van der Waals surface area contributed by atoms with Crippen LogP contribution in [0.3, 0.4) is 0 Å². The molecule has 2 aliphatic rings. The number of nitrogens with zero attached hydrogens (tertiary/aromatic N) is 1. The van der Waals surface area contributed by atoms with Gasteiger partial charge in [0.15, 0.2) is 0 Å². The van der Waals surface area contributed by atoms with Crippen LogP contribution in [0.15, 0.2) is 0 Å². The van der Waals surface area contributed by atoms with E-state index < -0.39 is 0 Å². The number of nitrogens with one attached hydrogen (secondary N) is 1. The number of likely N-dealkylation sites (tertiary alicyclic amines) is 1.